The predicted octanol–water partition coefficient (Wildman–Crippen LogP) is -4.62. The number of hydrogen-bond acceptors (Lipinski definition) is 12. The van der Waals surface area contributed by atoms with Crippen molar-refractivity contribution in [2.75, 3.05) is 0 Å². The minimum absolute atomic E-state index is 0.403. The van der Waals surface area contributed by atoms with Crippen molar-refractivity contribution in [2.24, 2.45) is 0 Å². The summed E-state index contributed by atoms with van der Waals surface area (Å²) in [7, 11) is 0. The van der Waals surface area contributed by atoms with Crippen LogP contribution in [0, 0.1) is 0 Å². The highest BCUT2D eigenvalue weighted by Crippen LogP contribution is 2.02. The Bertz CT molecular complexity index is 1450. The Morgan fingerprint density at radius 1 is 0.410 bits per heavy atom. The van der Waals surface area contributed by atoms with E-state index in [-0.39, 0.29) is 0 Å². The summed E-state index contributed by atoms with van der Waals surface area (Å²) in [5.74, 6) is -21.3. The Kier molecular flexibility index (Phi) is 8.96. The first-order valence-corrected chi connectivity index (χ1v) is 9.04. The van der Waals surface area contributed by atoms with Gasteiger partial charge >= 0.3 is 52.9 Å². The van der Waals surface area contributed by atoms with Gasteiger partial charge in [0.1, 0.15) is 16.7 Å². The lowest BCUT2D eigenvalue weighted by molar-refractivity contribution is -0.134. The highest BCUT2D eigenvalue weighted by atomic mass is 16.4. The molecule has 0 bridgehead atoms. The Balaban J connectivity index is 4.51. The van der Waals surface area contributed by atoms with Gasteiger partial charge in [-0.1, -0.05) is 0 Å². The Labute approximate surface area is 208 Å². The van der Waals surface area contributed by atoms with E-state index in [1.165, 1.54) is 0 Å². The molecule has 0 spiro atoms. The first kappa shape index (κ1) is 30.5. The molecular formula is C18H9N3O18. The zero-order valence-corrected chi connectivity index (χ0v) is 18.2. The summed E-state index contributed by atoms with van der Waals surface area (Å²) in [5, 5.41) is 53.5. The maximum absolute atomic E-state index is 12.8. The van der Waals surface area contributed by atoms with Crippen LogP contribution in [0.5, 0.6) is 0 Å². The van der Waals surface area contributed by atoms with Gasteiger partial charge in [-0.25, -0.2) is 43.2 Å². The van der Waals surface area contributed by atoms with Crippen molar-refractivity contribution in [3.63, 3.8) is 0 Å². The van der Waals surface area contributed by atoms with E-state index in [0.717, 1.165) is 0 Å². The number of carboxylic acids is 6. The quantitative estimate of drug-likeness (QED) is 0.0947. The number of carboxylic acid groups (broad SMARTS) is 6. The fraction of sp³-hybridized carbons (Fsp3) is 0. The van der Waals surface area contributed by atoms with E-state index >= 15 is 0 Å². The second-order valence-electron chi connectivity index (χ2n) is 6.37. The zero-order chi connectivity index (χ0) is 30.5. The topological polar surface area (TPSA) is 341 Å². The summed E-state index contributed by atoms with van der Waals surface area (Å²) in [6.07, 6.45) is -1.21. The fourth-order valence-electron chi connectivity index (χ4n) is 2.44. The lowest BCUT2D eigenvalue weighted by Gasteiger charge is -2.12. The van der Waals surface area contributed by atoms with E-state index in [2.05, 4.69) is 0 Å². The normalized spacial score (nSPS) is 11.8. The molecule has 1 rings (SSSR count). The third-order valence-corrected chi connectivity index (χ3v) is 3.94. The highest BCUT2D eigenvalue weighted by Gasteiger charge is 2.35. The van der Waals surface area contributed by atoms with Gasteiger partial charge in [0, 0.05) is 18.2 Å². The smallest absolute Gasteiger partial charge is 0.350 e. The van der Waals surface area contributed by atoms with Gasteiger partial charge < -0.3 is 30.6 Å². The molecule has 0 saturated carbocycles. The number of aromatic nitrogens is 3. The van der Waals surface area contributed by atoms with Gasteiger partial charge in [0.2, 0.25) is 0 Å². The minimum atomic E-state index is -2.57. The van der Waals surface area contributed by atoms with Crippen LogP contribution in [0.25, 0.3) is 0 Å². The molecule has 21 heteroatoms. The predicted molar refractivity (Wildman–Crippen MR) is 111 cm³/mol. The molecule has 0 unspecified atom stereocenters. The Morgan fingerprint density at radius 2 is 0.590 bits per heavy atom. The third kappa shape index (κ3) is 6.37. The summed E-state index contributed by atoms with van der Waals surface area (Å²) < 4.78 is -3.25. The van der Waals surface area contributed by atoms with E-state index in [1.54, 1.807) is 0 Å². The summed E-state index contributed by atoms with van der Waals surface area (Å²) in [5.41, 5.74) is -13.6. The van der Waals surface area contributed by atoms with Crippen molar-refractivity contribution in [3.8, 4) is 0 Å². The number of rotatable bonds is 9. The van der Waals surface area contributed by atoms with Gasteiger partial charge in [0.15, 0.2) is 0 Å². The van der Waals surface area contributed by atoms with E-state index in [9.17, 15) is 57.5 Å². The SMILES string of the molecule is O=C(O)/C=C(\C(=O)O)C(=O)n1c(=O)n(C(=O)/C(=C/C(=O)O)C(=O)O)c(=O)n(C(=O)/C(=C/C(=O)O)C(=O)O)c1=O. The molecule has 0 amide bonds. The summed E-state index contributed by atoms with van der Waals surface area (Å²) in [4.78, 5) is 143. The van der Waals surface area contributed by atoms with Gasteiger partial charge in [-0.2, -0.15) is 13.7 Å². The van der Waals surface area contributed by atoms with Crippen LogP contribution in [0.3, 0.4) is 0 Å². The average Bonchev–Trinajstić information content (AvgIpc) is 2.77. The summed E-state index contributed by atoms with van der Waals surface area (Å²) in [6.45, 7) is 0. The lowest BCUT2D eigenvalue weighted by Crippen LogP contribution is -2.60. The highest BCUT2D eigenvalue weighted by molar-refractivity contribution is 6.21. The van der Waals surface area contributed by atoms with Crippen LogP contribution in [-0.4, -0.2) is 97.9 Å². The first-order chi connectivity index (χ1) is 17.8. The molecule has 204 valence electrons. The second-order valence-corrected chi connectivity index (χ2v) is 6.37. The molecule has 1 aromatic rings. The zero-order valence-electron chi connectivity index (χ0n) is 18.2. The lowest BCUT2D eigenvalue weighted by atomic mass is 10.2. The second kappa shape index (κ2) is 11.5. The number of carbonyl (C=O) groups is 9. The van der Waals surface area contributed by atoms with Crippen molar-refractivity contribution in [2.45, 2.75) is 0 Å². The van der Waals surface area contributed by atoms with Crippen LogP contribution in [0.2, 0.25) is 0 Å². The maximum atomic E-state index is 12.8. The molecule has 0 saturated heterocycles. The van der Waals surface area contributed by atoms with Crippen LogP contribution in [-0.2, 0) is 28.8 Å². The molecule has 0 aromatic carbocycles. The van der Waals surface area contributed by atoms with Crippen LogP contribution in [0.1, 0.15) is 14.4 Å². The molecule has 1 aromatic heterocycles. The van der Waals surface area contributed by atoms with E-state index in [4.69, 9.17) is 30.6 Å². The number of carbonyl (C=O) groups excluding carboxylic acids is 3. The molecular weight excluding hydrogens is 546 g/mol. The molecule has 0 radical (unpaired) electrons. The standard InChI is InChI=1S/C18H9N3O18/c22-7(23)1-4(13(31)32)10(28)19-16(37)20(11(29)5(14(33)34)2-8(24)25)18(39)21(17(19)38)12(30)6(15(35)36)3-9(26)27/h1-3H,(H,22,23)(H,24,25)(H,26,27)(H,31,32)(H,33,34)(H,35,36)/b4-1-,5-2-,6-3-. The van der Waals surface area contributed by atoms with E-state index in [1.807, 2.05) is 0 Å². The fourth-order valence-corrected chi connectivity index (χ4v) is 2.44. The average molecular weight is 555 g/mol. The van der Waals surface area contributed by atoms with Gasteiger partial charge in [-0.05, 0) is 0 Å². The van der Waals surface area contributed by atoms with Gasteiger partial charge in [-0.15, -0.1) is 0 Å². The van der Waals surface area contributed by atoms with Crippen molar-refractivity contribution in [1.29, 1.82) is 0 Å². The van der Waals surface area contributed by atoms with Crippen LogP contribution in [0.4, 0.5) is 0 Å². The molecule has 0 aliphatic carbocycles. The van der Waals surface area contributed by atoms with Crippen molar-refractivity contribution >= 4 is 53.5 Å². The molecule has 21 nitrogen and oxygen atoms in total. The van der Waals surface area contributed by atoms with Crippen molar-refractivity contribution in [3.05, 3.63) is 66.4 Å². The van der Waals surface area contributed by atoms with E-state index in [0.29, 0.717) is 0 Å². The Hall–Kier alpha value is -6.54. The van der Waals surface area contributed by atoms with Crippen LogP contribution in [0.15, 0.2) is 49.3 Å². The molecule has 0 aliphatic rings. The van der Waals surface area contributed by atoms with Crippen molar-refractivity contribution in [1.82, 2.24) is 13.7 Å². The van der Waals surface area contributed by atoms with Crippen LogP contribution >= 0.6 is 0 Å². The van der Waals surface area contributed by atoms with Crippen molar-refractivity contribution < 1.29 is 73.8 Å². The number of hydrogen-bond donors (Lipinski definition) is 6. The van der Waals surface area contributed by atoms with Crippen LogP contribution < -0.4 is 17.1 Å². The minimum Gasteiger partial charge on any atom is -0.478 e. The monoisotopic (exact) mass is 555 g/mol. The largest absolute Gasteiger partial charge is 0.478 e. The molecule has 1 heterocycles. The maximum Gasteiger partial charge on any atom is 0.350 e. The Morgan fingerprint density at radius 3 is 0.718 bits per heavy atom. The number of nitrogens with zero attached hydrogens (tertiary/aromatic N) is 3. The molecule has 39 heavy (non-hydrogen) atoms. The van der Waals surface area contributed by atoms with Gasteiger partial charge in [-0.3, -0.25) is 14.4 Å². The molecule has 0 fully saturated rings. The van der Waals surface area contributed by atoms with Gasteiger partial charge in [0.05, 0.1) is 0 Å². The van der Waals surface area contributed by atoms with E-state index < -0.39 is 119 Å². The number of aliphatic carboxylic acids is 6. The van der Waals surface area contributed by atoms with Gasteiger partial charge in [0.25, 0.3) is 17.7 Å². The molecule has 6 N–H and O–H groups in total. The third-order valence-electron chi connectivity index (χ3n) is 3.94. The summed E-state index contributed by atoms with van der Waals surface area (Å²) >= 11 is 0. The molecule has 0 atom stereocenters. The summed E-state index contributed by atoms with van der Waals surface area (Å²) in [6, 6.07) is 0. The first-order valence-electron chi connectivity index (χ1n) is 9.04. The molecule has 0 aliphatic heterocycles.